The van der Waals surface area contributed by atoms with E-state index in [0.717, 1.165) is 31.6 Å². The van der Waals surface area contributed by atoms with Crippen molar-refractivity contribution in [2.45, 2.75) is 38.0 Å². The largest absolute Gasteiger partial charge is 0.497 e. The van der Waals surface area contributed by atoms with E-state index in [0.29, 0.717) is 6.42 Å². The lowest BCUT2D eigenvalue weighted by Gasteiger charge is -2.16. The Morgan fingerprint density at radius 2 is 2.18 bits per heavy atom. The summed E-state index contributed by atoms with van der Waals surface area (Å²) in [6.07, 6.45) is 5.98. The van der Waals surface area contributed by atoms with Crippen molar-refractivity contribution >= 4 is 16.8 Å². The van der Waals surface area contributed by atoms with Gasteiger partial charge in [-0.3, -0.25) is 4.79 Å². The average molecular weight is 300 g/mol. The summed E-state index contributed by atoms with van der Waals surface area (Å²) in [6.45, 7) is 2.77. The van der Waals surface area contributed by atoms with Gasteiger partial charge in [-0.2, -0.15) is 0 Å². The van der Waals surface area contributed by atoms with Crippen molar-refractivity contribution in [3.05, 3.63) is 30.0 Å². The number of aryl methyl sites for hydroxylation is 1. The van der Waals surface area contributed by atoms with Crippen LogP contribution in [0.3, 0.4) is 0 Å². The number of hydrogen-bond acceptors (Lipinski definition) is 2. The van der Waals surface area contributed by atoms with Gasteiger partial charge in [0.2, 0.25) is 5.91 Å². The lowest BCUT2D eigenvalue weighted by molar-refractivity contribution is -0.121. The van der Waals surface area contributed by atoms with Crippen LogP contribution in [0.5, 0.6) is 5.75 Å². The first-order valence-electron chi connectivity index (χ1n) is 8.00. The van der Waals surface area contributed by atoms with Crippen LogP contribution in [0.4, 0.5) is 0 Å². The number of methoxy groups -OCH3 is 1. The number of carbonyl (C=O) groups is 1. The second-order valence-corrected chi connectivity index (χ2v) is 6.34. The molecule has 4 nitrogen and oxygen atoms in total. The Hall–Kier alpha value is -1.97. The molecule has 0 atom stereocenters. The summed E-state index contributed by atoms with van der Waals surface area (Å²) in [5.41, 5.74) is 2.65. The fraction of sp³-hybridized carbons (Fsp3) is 0.500. The molecular formula is C18H24N2O2. The van der Waals surface area contributed by atoms with Crippen molar-refractivity contribution in [3.8, 4) is 5.75 Å². The zero-order chi connectivity index (χ0) is 15.7. The summed E-state index contributed by atoms with van der Waals surface area (Å²) in [6, 6.07) is 6.21. The average Bonchev–Trinajstić information content (AvgIpc) is 3.24. The zero-order valence-corrected chi connectivity index (χ0v) is 13.6. The Labute approximate surface area is 131 Å². The summed E-state index contributed by atoms with van der Waals surface area (Å²) in [7, 11) is 3.77. The lowest BCUT2D eigenvalue weighted by atomic mass is 9.95. The number of ether oxygens (including phenoxy) is 1. The normalized spacial score (nSPS) is 15.8. The van der Waals surface area contributed by atoms with Gasteiger partial charge in [0.1, 0.15) is 5.75 Å². The Morgan fingerprint density at radius 3 is 2.82 bits per heavy atom. The molecule has 0 saturated heterocycles. The molecule has 0 aliphatic heterocycles. The summed E-state index contributed by atoms with van der Waals surface area (Å²) >= 11 is 0. The van der Waals surface area contributed by atoms with Gasteiger partial charge in [0.25, 0.3) is 0 Å². The Morgan fingerprint density at radius 1 is 1.41 bits per heavy atom. The number of amides is 1. The second-order valence-electron chi connectivity index (χ2n) is 6.34. The topological polar surface area (TPSA) is 43.3 Å². The van der Waals surface area contributed by atoms with Crippen molar-refractivity contribution in [2.24, 2.45) is 7.05 Å². The van der Waals surface area contributed by atoms with Gasteiger partial charge >= 0.3 is 0 Å². The Kier molecular flexibility index (Phi) is 3.85. The quantitative estimate of drug-likeness (QED) is 0.890. The van der Waals surface area contributed by atoms with Crippen molar-refractivity contribution in [1.29, 1.82) is 0 Å². The SMILES string of the molecule is CCCC(=O)NCC1(c2cn(C)c3ccc(OC)cc23)CC1. The van der Waals surface area contributed by atoms with Crippen LogP contribution < -0.4 is 10.1 Å². The highest BCUT2D eigenvalue weighted by Crippen LogP contribution is 2.50. The van der Waals surface area contributed by atoms with E-state index in [1.807, 2.05) is 13.0 Å². The zero-order valence-electron chi connectivity index (χ0n) is 13.6. The Balaban J connectivity index is 1.90. The molecule has 1 N–H and O–H groups in total. The number of hydrogen-bond donors (Lipinski definition) is 1. The van der Waals surface area contributed by atoms with E-state index < -0.39 is 0 Å². The molecule has 0 bridgehead atoms. The molecule has 1 aromatic heterocycles. The van der Waals surface area contributed by atoms with Crippen LogP contribution in [0.1, 0.15) is 38.2 Å². The number of benzene rings is 1. The summed E-state index contributed by atoms with van der Waals surface area (Å²) in [5.74, 6) is 1.04. The minimum Gasteiger partial charge on any atom is -0.497 e. The van der Waals surface area contributed by atoms with E-state index >= 15 is 0 Å². The van der Waals surface area contributed by atoms with Gasteiger partial charge < -0.3 is 14.6 Å². The fourth-order valence-corrected chi connectivity index (χ4v) is 3.20. The molecule has 2 aromatic rings. The number of nitrogens with one attached hydrogen (secondary N) is 1. The molecule has 0 radical (unpaired) electrons. The lowest BCUT2D eigenvalue weighted by Crippen LogP contribution is -2.31. The van der Waals surface area contributed by atoms with Crippen molar-refractivity contribution in [2.75, 3.05) is 13.7 Å². The first-order valence-corrected chi connectivity index (χ1v) is 8.00. The number of carbonyl (C=O) groups excluding carboxylic acids is 1. The van der Waals surface area contributed by atoms with E-state index in [1.165, 1.54) is 16.5 Å². The molecule has 1 saturated carbocycles. The summed E-state index contributed by atoms with van der Waals surface area (Å²) in [4.78, 5) is 11.8. The molecule has 118 valence electrons. The molecule has 0 spiro atoms. The molecular weight excluding hydrogens is 276 g/mol. The van der Waals surface area contributed by atoms with Gasteiger partial charge in [0.05, 0.1) is 7.11 Å². The number of rotatable bonds is 6. The van der Waals surface area contributed by atoms with E-state index in [4.69, 9.17) is 4.74 Å². The third-order valence-electron chi connectivity index (χ3n) is 4.72. The van der Waals surface area contributed by atoms with Crippen LogP contribution >= 0.6 is 0 Å². The monoisotopic (exact) mass is 300 g/mol. The van der Waals surface area contributed by atoms with Crippen LogP contribution in [-0.4, -0.2) is 24.1 Å². The van der Waals surface area contributed by atoms with Gasteiger partial charge in [-0.15, -0.1) is 0 Å². The maximum Gasteiger partial charge on any atom is 0.220 e. The molecule has 0 unspecified atom stereocenters. The highest BCUT2D eigenvalue weighted by Gasteiger charge is 2.46. The molecule has 1 aliphatic rings. The molecule has 1 aromatic carbocycles. The van der Waals surface area contributed by atoms with E-state index in [1.54, 1.807) is 7.11 Å². The van der Waals surface area contributed by atoms with Gasteiger partial charge in [0, 0.05) is 42.5 Å². The van der Waals surface area contributed by atoms with Crippen LogP contribution in [0, 0.1) is 0 Å². The summed E-state index contributed by atoms with van der Waals surface area (Å²) in [5, 5.41) is 4.35. The highest BCUT2D eigenvalue weighted by molar-refractivity contribution is 5.87. The highest BCUT2D eigenvalue weighted by atomic mass is 16.5. The maximum atomic E-state index is 11.8. The number of fused-ring (bicyclic) bond motifs is 1. The van der Waals surface area contributed by atoms with Crippen molar-refractivity contribution in [1.82, 2.24) is 9.88 Å². The molecule has 1 fully saturated rings. The van der Waals surface area contributed by atoms with Crippen LogP contribution in [0.15, 0.2) is 24.4 Å². The molecule has 22 heavy (non-hydrogen) atoms. The van der Waals surface area contributed by atoms with Gasteiger partial charge in [-0.05, 0) is 43.0 Å². The van der Waals surface area contributed by atoms with Gasteiger partial charge in [-0.25, -0.2) is 0 Å². The predicted octanol–water partition coefficient (Wildman–Crippen LogP) is 3.13. The van der Waals surface area contributed by atoms with E-state index in [9.17, 15) is 4.79 Å². The molecule has 1 amide bonds. The summed E-state index contributed by atoms with van der Waals surface area (Å²) < 4.78 is 7.54. The molecule has 3 rings (SSSR count). The van der Waals surface area contributed by atoms with Crippen LogP contribution in [0.25, 0.3) is 10.9 Å². The standard InChI is InChI=1S/C18H24N2O2/c1-4-5-17(21)19-12-18(8-9-18)15-11-20(2)16-7-6-13(22-3)10-14(15)16/h6-7,10-11H,4-5,8-9,12H2,1-3H3,(H,19,21). The number of aromatic nitrogens is 1. The maximum absolute atomic E-state index is 11.8. The molecule has 4 heteroatoms. The van der Waals surface area contributed by atoms with E-state index in [-0.39, 0.29) is 11.3 Å². The third-order valence-corrected chi connectivity index (χ3v) is 4.72. The second kappa shape index (κ2) is 5.67. The minimum absolute atomic E-state index is 0.106. The van der Waals surface area contributed by atoms with Gasteiger partial charge in [-0.1, -0.05) is 6.92 Å². The molecule has 1 aliphatic carbocycles. The first-order chi connectivity index (χ1) is 10.6. The van der Waals surface area contributed by atoms with E-state index in [2.05, 4.69) is 35.3 Å². The van der Waals surface area contributed by atoms with Crippen LogP contribution in [0.2, 0.25) is 0 Å². The van der Waals surface area contributed by atoms with Crippen molar-refractivity contribution in [3.63, 3.8) is 0 Å². The molecule has 1 heterocycles. The first kappa shape index (κ1) is 14.9. The smallest absolute Gasteiger partial charge is 0.220 e. The Bertz CT molecular complexity index is 698. The fourth-order valence-electron chi connectivity index (χ4n) is 3.20. The minimum atomic E-state index is 0.106. The van der Waals surface area contributed by atoms with Crippen LogP contribution in [-0.2, 0) is 17.3 Å². The third kappa shape index (κ3) is 2.58. The predicted molar refractivity (Wildman–Crippen MR) is 88.3 cm³/mol. The van der Waals surface area contributed by atoms with Gasteiger partial charge in [0.15, 0.2) is 0 Å². The number of nitrogens with zero attached hydrogens (tertiary/aromatic N) is 1. The van der Waals surface area contributed by atoms with Crippen molar-refractivity contribution < 1.29 is 9.53 Å².